The summed E-state index contributed by atoms with van der Waals surface area (Å²) < 4.78 is 5.50. The summed E-state index contributed by atoms with van der Waals surface area (Å²) in [6.07, 6.45) is 2.34. The van der Waals surface area contributed by atoms with Crippen LogP contribution in [0, 0.1) is 0 Å². The first-order valence-corrected chi connectivity index (χ1v) is 8.81. The van der Waals surface area contributed by atoms with E-state index in [9.17, 15) is 0 Å². The third kappa shape index (κ3) is 3.49. The molecule has 0 amide bonds. The Morgan fingerprint density at radius 2 is 1.58 bits per heavy atom. The number of nitrogens with one attached hydrogen (secondary N) is 1. The van der Waals surface area contributed by atoms with Gasteiger partial charge in [-0.2, -0.15) is 0 Å². The van der Waals surface area contributed by atoms with Gasteiger partial charge in [0.2, 0.25) is 5.58 Å². The molecule has 2 aromatic carbocycles. The second kappa shape index (κ2) is 7.32. The number of anilines is 1. The average Bonchev–Trinajstić information content (AvgIpc) is 3.09. The first-order chi connectivity index (χ1) is 12.7. The molecule has 4 aromatic rings. The number of halogens is 2. The summed E-state index contributed by atoms with van der Waals surface area (Å²) in [6.45, 7) is 0.699. The highest BCUT2D eigenvalue weighted by molar-refractivity contribution is 6.30. The Labute approximate surface area is 160 Å². The largest absolute Gasteiger partial charge is 0.366 e. The summed E-state index contributed by atoms with van der Waals surface area (Å²) in [5.41, 5.74) is 3.94. The molecule has 4 rings (SSSR count). The van der Waals surface area contributed by atoms with E-state index in [1.165, 1.54) is 11.9 Å². The molecule has 1 N–H and O–H groups in total. The van der Waals surface area contributed by atoms with E-state index in [0.29, 0.717) is 34.2 Å². The van der Waals surface area contributed by atoms with Crippen molar-refractivity contribution in [3.63, 3.8) is 0 Å². The quantitative estimate of drug-likeness (QED) is 0.509. The van der Waals surface area contributed by atoms with Gasteiger partial charge in [0.1, 0.15) is 17.5 Å². The molecule has 26 heavy (non-hydrogen) atoms. The van der Waals surface area contributed by atoms with Crippen LogP contribution in [-0.2, 0) is 6.42 Å². The smallest absolute Gasteiger partial charge is 0.228 e. The van der Waals surface area contributed by atoms with Crippen molar-refractivity contribution in [2.45, 2.75) is 6.42 Å². The van der Waals surface area contributed by atoms with E-state index in [0.717, 1.165) is 17.0 Å². The lowest BCUT2D eigenvalue weighted by molar-refractivity contribution is 0.459. The lowest BCUT2D eigenvalue weighted by atomic mass is 10.1. The molecule has 130 valence electrons. The third-order valence-corrected chi connectivity index (χ3v) is 4.50. The number of nitrogens with zero attached hydrogens (tertiary/aromatic N) is 3. The second-order valence-corrected chi connectivity index (χ2v) is 6.61. The summed E-state index contributed by atoms with van der Waals surface area (Å²) in [6, 6.07) is 15.2. The monoisotopic (exact) mass is 384 g/mol. The average molecular weight is 385 g/mol. The Hall–Kier alpha value is -2.63. The van der Waals surface area contributed by atoms with Gasteiger partial charge in [0, 0.05) is 22.2 Å². The van der Waals surface area contributed by atoms with E-state index in [-0.39, 0.29) is 0 Å². The molecule has 0 radical (unpaired) electrons. The molecule has 0 aliphatic rings. The van der Waals surface area contributed by atoms with Crippen LogP contribution in [0.3, 0.4) is 0 Å². The highest BCUT2D eigenvalue weighted by atomic mass is 35.5. The normalized spacial score (nSPS) is 11.0. The van der Waals surface area contributed by atoms with Gasteiger partial charge in [-0.15, -0.1) is 0 Å². The van der Waals surface area contributed by atoms with Gasteiger partial charge in [-0.25, -0.2) is 9.97 Å². The van der Waals surface area contributed by atoms with E-state index in [1.807, 2.05) is 48.5 Å². The van der Waals surface area contributed by atoms with Gasteiger partial charge < -0.3 is 9.84 Å². The Morgan fingerprint density at radius 1 is 0.885 bits per heavy atom. The number of fused-ring (bicyclic) bond motifs is 1. The molecule has 0 aliphatic heterocycles. The fourth-order valence-corrected chi connectivity index (χ4v) is 2.91. The molecule has 5 nitrogen and oxygen atoms in total. The Morgan fingerprint density at radius 3 is 2.31 bits per heavy atom. The van der Waals surface area contributed by atoms with Crippen LogP contribution in [0.1, 0.15) is 5.56 Å². The van der Waals surface area contributed by atoms with Crippen molar-refractivity contribution in [3.8, 4) is 11.3 Å². The van der Waals surface area contributed by atoms with E-state index in [1.54, 1.807) is 0 Å². The first-order valence-electron chi connectivity index (χ1n) is 8.05. The Balaban J connectivity index is 1.54. The van der Waals surface area contributed by atoms with Gasteiger partial charge in [-0.3, -0.25) is 0 Å². The topological polar surface area (TPSA) is 63.8 Å². The van der Waals surface area contributed by atoms with E-state index in [4.69, 9.17) is 27.7 Å². The van der Waals surface area contributed by atoms with Gasteiger partial charge in [-0.1, -0.05) is 52.6 Å². The minimum atomic E-state index is 0.536. The molecule has 0 aliphatic carbocycles. The maximum Gasteiger partial charge on any atom is 0.228 e. The van der Waals surface area contributed by atoms with Crippen molar-refractivity contribution in [2.75, 3.05) is 11.9 Å². The zero-order chi connectivity index (χ0) is 17.9. The summed E-state index contributed by atoms with van der Waals surface area (Å²) in [5.74, 6) is 0.622. The lowest BCUT2D eigenvalue weighted by Gasteiger charge is -2.05. The Kier molecular flexibility index (Phi) is 4.73. The van der Waals surface area contributed by atoms with Crippen molar-refractivity contribution < 1.29 is 4.52 Å². The molecule has 2 aromatic heterocycles. The van der Waals surface area contributed by atoms with Crippen molar-refractivity contribution in [2.24, 2.45) is 0 Å². The van der Waals surface area contributed by atoms with Gasteiger partial charge >= 0.3 is 0 Å². The first kappa shape index (κ1) is 16.8. The molecule has 2 heterocycles. The SMILES string of the molecule is Clc1ccc(CCNc2ncnc3c(-c4ccc(Cl)cc4)noc23)cc1. The number of benzene rings is 2. The van der Waals surface area contributed by atoms with E-state index in [2.05, 4.69) is 20.4 Å². The van der Waals surface area contributed by atoms with Crippen LogP contribution < -0.4 is 5.32 Å². The molecule has 0 bridgehead atoms. The van der Waals surface area contributed by atoms with Gasteiger partial charge in [0.25, 0.3) is 0 Å². The van der Waals surface area contributed by atoms with Crippen LogP contribution in [0.25, 0.3) is 22.4 Å². The van der Waals surface area contributed by atoms with Crippen LogP contribution in [0.4, 0.5) is 5.82 Å². The van der Waals surface area contributed by atoms with Crippen LogP contribution in [-0.4, -0.2) is 21.7 Å². The Bertz CT molecular complexity index is 1030. The van der Waals surface area contributed by atoms with Gasteiger partial charge in [0.15, 0.2) is 5.82 Å². The molecule has 0 spiro atoms. The van der Waals surface area contributed by atoms with Crippen LogP contribution in [0.5, 0.6) is 0 Å². The summed E-state index contributed by atoms with van der Waals surface area (Å²) in [5, 5.41) is 8.84. The number of hydrogen-bond donors (Lipinski definition) is 1. The molecule has 0 atom stereocenters. The lowest BCUT2D eigenvalue weighted by Crippen LogP contribution is -2.06. The molecule has 0 fully saturated rings. The van der Waals surface area contributed by atoms with Crippen molar-refractivity contribution in [3.05, 3.63) is 70.5 Å². The van der Waals surface area contributed by atoms with Crippen molar-refractivity contribution in [1.29, 1.82) is 0 Å². The fraction of sp³-hybridized carbons (Fsp3) is 0.105. The van der Waals surface area contributed by atoms with E-state index >= 15 is 0 Å². The van der Waals surface area contributed by atoms with Gasteiger partial charge in [-0.05, 0) is 36.2 Å². The molecule has 0 saturated carbocycles. The number of aromatic nitrogens is 3. The maximum absolute atomic E-state index is 5.95. The highest BCUT2D eigenvalue weighted by Crippen LogP contribution is 2.30. The van der Waals surface area contributed by atoms with Crippen LogP contribution in [0.2, 0.25) is 10.0 Å². The minimum absolute atomic E-state index is 0.536. The molecule has 7 heteroatoms. The standard InChI is InChI=1S/C19H14Cl2N4O/c20-14-5-1-12(2-6-14)9-10-22-19-18-17(23-11-24-19)16(25-26-18)13-3-7-15(21)8-4-13/h1-8,11H,9-10H2,(H,22,23,24). The molecule has 0 saturated heterocycles. The van der Waals surface area contributed by atoms with Crippen LogP contribution >= 0.6 is 23.2 Å². The summed E-state index contributed by atoms with van der Waals surface area (Å²) in [4.78, 5) is 8.60. The zero-order valence-electron chi connectivity index (χ0n) is 13.6. The third-order valence-electron chi connectivity index (χ3n) is 3.99. The number of rotatable bonds is 5. The fourth-order valence-electron chi connectivity index (χ4n) is 2.66. The van der Waals surface area contributed by atoms with Gasteiger partial charge in [0.05, 0.1) is 0 Å². The molecule has 0 unspecified atom stereocenters. The second-order valence-electron chi connectivity index (χ2n) is 5.74. The molecular weight excluding hydrogens is 371 g/mol. The van der Waals surface area contributed by atoms with Crippen LogP contribution in [0.15, 0.2) is 59.4 Å². The van der Waals surface area contributed by atoms with E-state index < -0.39 is 0 Å². The minimum Gasteiger partial charge on any atom is -0.366 e. The summed E-state index contributed by atoms with van der Waals surface area (Å²) in [7, 11) is 0. The maximum atomic E-state index is 5.95. The van der Waals surface area contributed by atoms with Crippen molar-refractivity contribution >= 4 is 40.1 Å². The number of hydrogen-bond acceptors (Lipinski definition) is 5. The zero-order valence-corrected chi connectivity index (χ0v) is 15.1. The highest BCUT2D eigenvalue weighted by Gasteiger charge is 2.15. The molecular formula is C19H14Cl2N4O. The predicted molar refractivity (Wildman–Crippen MR) is 104 cm³/mol. The summed E-state index contributed by atoms with van der Waals surface area (Å²) >= 11 is 11.9. The van der Waals surface area contributed by atoms with Crippen molar-refractivity contribution in [1.82, 2.24) is 15.1 Å². The predicted octanol–water partition coefficient (Wildman–Crippen LogP) is 5.25.